The van der Waals surface area contributed by atoms with Crippen LogP contribution in [0.15, 0.2) is 42.5 Å². The topological polar surface area (TPSA) is 97.3 Å². The Balaban J connectivity index is 1.74. The fraction of sp³-hybridized carbons (Fsp3) is 0.440. The average Bonchev–Trinajstić information content (AvgIpc) is 3.46. The molecule has 0 saturated carbocycles. The molecular formula is C25H30N2O6. The first-order valence-corrected chi connectivity index (χ1v) is 11.2. The third-order valence-electron chi connectivity index (χ3n) is 6.53. The Morgan fingerprint density at radius 1 is 1.15 bits per heavy atom. The maximum Gasteiger partial charge on any atom is 0.309 e. The molecule has 2 aromatic rings. The predicted molar refractivity (Wildman–Crippen MR) is 122 cm³/mol. The minimum Gasteiger partial charge on any atom is -0.497 e. The van der Waals surface area contributed by atoms with Crippen LogP contribution >= 0.6 is 0 Å². The van der Waals surface area contributed by atoms with E-state index in [2.05, 4.69) is 5.32 Å². The van der Waals surface area contributed by atoms with E-state index in [1.165, 1.54) is 0 Å². The van der Waals surface area contributed by atoms with Gasteiger partial charge < -0.3 is 24.6 Å². The Bertz CT molecular complexity index is 1010. The van der Waals surface area contributed by atoms with Gasteiger partial charge in [0.25, 0.3) is 0 Å². The molecule has 8 heteroatoms. The molecule has 2 aliphatic rings. The number of benzene rings is 2. The second-order valence-electron chi connectivity index (χ2n) is 8.47. The molecule has 2 heterocycles. The van der Waals surface area contributed by atoms with Gasteiger partial charge in [-0.2, -0.15) is 0 Å². The van der Waals surface area contributed by atoms with Gasteiger partial charge in [-0.05, 0) is 48.7 Å². The van der Waals surface area contributed by atoms with Crippen molar-refractivity contribution in [2.45, 2.75) is 38.3 Å². The van der Waals surface area contributed by atoms with Gasteiger partial charge in [-0.15, -0.1) is 0 Å². The highest BCUT2D eigenvalue weighted by molar-refractivity contribution is 5.82. The average molecular weight is 455 g/mol. The monoisotopic (exact) mass is 454 g/mol. The minimum atomic E-state index is -0.901. The molecule has 33 heavy (non-hydrogen) atoms. The predicted octanol–water partition coefficient (Wildman–Crippen LogP) is 3.18. The SMILES string of the molecule is CCCNC(=O)C(C)N1C[C@H](c2ccc3c(c2)OCO3)[C@H](C(=O)O)[C@H]1c1ccc(OC)cc1. The number of amides is 1. The molecule has 0 radical (unpaired) electrons. The minimum absolute atomic E-state index is 0.106. The fourth-order valence-electron chi connectivity index (χ4n) is 4.79. The van der Waals surface area contributed by atoms with E-state index in [0.717, 1.165) is 17.5 Å². The van der Waals surface area contributed by atoms with E-state index in [9.17, 15) is 14.7 Å². The summed E-state index contributed by atoms with van der Waals surface area (Å²) in [6.07, 6.45) is 0.831. The van der Waals surface area contributed by atoms with Crippen LogP contribution in [0.25, 0.3) is 0 Å². The van der Waals surface area contributed by atoms with E-state index < -0.39 is 24.0 Å². The number of nitrogens with one attached hydrogen (secondary N) is 1. The van der Waals surface area contributed by atoms with Gasteiger partial charge in [0, 0.05) is 25.0 Å². The third-order valence-corrected chi connectivity index (χ3v) is 6.53. The Morgan fingerprint density at radius 3 is 2.52 bits per heavy atom. The van der Waals surface area contributed by atoms with Crippen molar-refractivity contribution in [1.29, 1.82) is 0 Å². The molecule has 0 aliphatic carbocycles. The maximum atomic E-state index is 12.9. The van der Waals surface area contributed by atoms with Crippen molar-refractivity contribution in [1.82, 2.24) is 10.2 Å². The van der Waals surface area contributed by atoms with Crippen molar-refractivity contribution in [3.63, 3.8) is 0 Å². The first kappa shape index (κ1) is 22.9. The molecule has 1 saturated heterocycles. The zero-order valence-electron chi connectivity index (χ0n) is 19.1. The van der Waals surface area contributed by atoms with Crippen LogP contribution < -0.4 is 19.5 Å². The van der Waals surface area contributed by atoms with Gasteiger partial charge in [0.2, 0.25) is 12.7 Å². The molecule has 0 bridgehead atoms. The highest BCUT2D eigenvalue weighted by atomic mass is 16.7. The van der Waals surface area contributed by atoms with Crippen molar-refractivity contribution in [2.75, 3.05) is 27.0 Å². The van der Waals surface area contributed by atoms with Gasteiger partial charge in [0.1, 0.15) is 5.75 Å². The first-order valence-electron chi connectivity index (χ1n) is 11.2. The number of likely N-dealkylation sites (tertiary alicyclic amines) is 1. The molecule has 1 fully saturated rings. The smallest absolute Gasteiger partial charge is 0.309 e. The van der Waals surface area contributed by atoms with Crippen LogP contribution in [0.3, 0.4) is 0 Å². The Hall–Kier alpha value is -3.26. The molecule has 1 amide bonds. The summed E-state index contributed by atoms with van der Waals surface area (Å²) < 4.78 is 16.2. The summed E-state index contributed by atoms with van der Waals surface area (Å²) in [4.78, 5) is 27.5. The number of carboxylic acid groups (broad SMARTS) is 1. The van der Waals surface area contributed by atoms with E-state index in [0.29, 0.717) is 30.3 Å². The number of rotatable bonds is 8. The lowest BCUT2D eigenvalue weighted by atomic mass is 9.82. The van der Waals surface area contributed by atoms with Crippen molar-refractivity contribution in [2.24, 2.45) is 5.92 Å². The molecule has 2 N–H and O–H groups in total. The molecule has 176 valence electrons. The molecule has 0 aromatic heterocycles. The van der Waals surface area contributed by atoms with Gasteiger partial charge in [0.05, 0.1) is 19.1 Å². The fourth-order valence-corrected chi connectivity index (χ4v) is 4.79. The summed E-state index contributed by atoms with van der Waals surface area (Å²) in [6, 6.07) is 12.0. The summed E-state index contributed by atoms with van der Waals surface area (Å²) in [5.41, 5.74) is 1.69. The molecule has 4 atom stereocenters. The van der Waals surface area contributed by atoms with Crippen LogP contribution in [0, 0.1) is 5.92 Å². The van der Waals surface area contributed by atoms with Crippen molar-refractivity contribution in [3.8, 4) is 17.2 Å². The van der Waals surface area contributed by atoms with E-state index in [-0.39, 0.29) is 18.6 Å². The van der Waals surface area contributed by atoms with Gasteiger partial charge in [-0.3, -0.25) is 14.5 Å². The summed E-state index contributed by atoms with van der Waals surface area (Å²) in [7, 11) is 1.59. The summed E-state index contributed by atoms with van der Waals surface area (Å²) >= 11 is 0. The highest BCUT2D eigenvalue weighted by Gasteiger charge is 2.50. The molecule has 4 rings (SSSR count). The lowest BCUT2D eigenvalue weighted by Gasteiger charge is -2.31. The number of methoxy groups -OCH3 is 1. The standard InChI is InChI=1S/C25H30N2O6/c1-4-11-26-24(28)15(2)27-13-19(17-7-10-20-21(12-17)33-14-32-20)22(25(29)30)23(27)16-5-8-18(31-3)9-6-16/h5-10,12,15,19,22-23H,4,11,13-14H2,1-3H3,(H,26,28)(H,29,30)/t15?,19-,22+,23-/m1/s1. The van der Waals surface area contributed by atoms with E-state index in [4.69, 9.17) is 14.2 Å². The lowest BCUT2D eigenvalue weighted by Crippen LogP contribution is -2.45. The van der Waals surface area contributed by atoms with Crippen molar-refractivity contribution in [3.05, 3.63) is 53.6 Å². The number of carbonyl (C=O) groups excluding carboxylic acids is 1. The van der Waals surface area contributed by atoms with E-state index in [1.54, 1.807) is 7.11 Å². The first-order chi connectivity index (χ1) is 15.9. The zero-order valence-corrected chi connectivity index (χ0v) is 19.1. The second kappa shape index (κ2) is 9.70. The molecular weight excluding hydrogens is 424 g/mol. The number of carbonyl (C=O) groups is 2. The van der Waals surface area contributed by atoms with E-state index >= 15 is 0 Å². The van der Waals surface area contributed by atoms with Gasteiger partial charge >= 0.3 is 5.97 Å². The summed E-state index contributed by atoms with van der Waals surface area (Å²) in [5.74, 6) is -0.126. The van der Waals surface area contributed by atoms with Crippen LogP contribution in [0.1, 0.15) is 43.4 Å². The zero-order chi connectivity index (χ0) is 23.5. The Kier molecular flexibility index (Phi) is 6.74. The number of fused-ring (bicyclic) bond motifs is 1. The van der Waals surface area contributed by atoms with Crippen LogP contribution in [0.4, 0.5) is 0 Å². The molecule has 2 aliphatic heterocycles. The third kappa shape index (κ3) is 4.48. The largest absolute Gasteiger partial charge is 0.497 e. The maximum absolute atomic E-state index is 12.9. The number of hydrogen-bond acceptors (Lipinski definition) is 6. The quantitative estimate of drug-likeness (QED) is 0.632. The number of carboxylic acids is 1. The summed E-state index contributed by atoms with van der Waals surface area (Å²) in [5, 5.41) is 13.3. The lowest BCUT2D eigenvalue weighted by molar-refractivity contribution is -0.143. The van der Waals surface area contributed by atoms with Crippen molar-refractivity contribution < 1.29 is 28.9 Å². The van der Waals surface area contributed by atoms with Crippen LogP contribution in [-0.4, -0.2) is 54.9 Å². The number of nitrogens with zero attached hydrogens (tertiary/aromatic N) is 1. The molecule has 1 unspecified atom stereocenters. The number of aliphatic carboxylic acids is 1. The number of ether oxygens (including phenoxy) is 3. The normalized spacial score (nSPS) is 22.7. The van der Waals surface area contributed by atoms with Gasteiger partial charge in [-0.1, -0.05) is 25.1 Å². The second-order valence-corrected chi connectivity index (χ2v) is 8.47. The molecule has 2 aromatic carbocycles. The summed E-state index contributed by atoms with van der Waals surface area (Å²) in [6.45, 7) is 4.99. The van der Waals surface area contributed by atoms with Crippen LogP contribution in [-0.2, 0) is 9.59 Å². The van der Waals surface area contributed by atoms with Gasteiger partial charge in [0.15, 0.2) is 11.5 Å². The molecule has 8 nitrogen and oxygen atoms in total. The molecule has 0 spiro atoms. The van der Waals surface area contributed by atoms with Crippen LogP contribution in [0.2, 0.25) is 0 Å². The van der Waals surface area contributed by atoms with Crippen LogP contribution in [0.5, 0.6) is 17.2 Å². The van der Waals surface area contributed by atoms with Gasteiger partial charge in [-0.25, -0.2) is 0 Å². The Morgan fingerprint density at radius 2 is 1.85 bits per heavy atom. The highest BCUT2D eigenvalue weighted by Crippen LogP contribution is 2.48. The number of hydrogen-bond donors (Lipinski definition) is 2. The van der Waals surface area contributed by atoms with Crippen molar-refractivity contribution >= 4 is 11.9 Å². The van der Waals surface area contributed by atoms with E-state index in [1.807, 2.05) is 61.2 Å². The Labute approximate surface area is 193 Å².